The average molecular weight is 292 g/mol. The number of para-hydroxylation sites is 1. The second-order valence-electron chi connectivity index (χ2n) is 5.04. The van der Waals surface area contributed by atoms with Gasteiger partial charge in [0.25, 0.3) is 0 Å². The summed E-state index contributed by atoms with van der Waals surface area (Å²) in [5.74, 6) is 5.56. The summed E-state index contributed by atoms with van der Waals surface area (Å²) >= 11 is 0. The molecule has 0 aliphatic heterocycles. The number of anilines is 1. The Kier molecular flexibility index (Phi) is 5.99. The second-order valence-corrected chi connectivity index (χ2v) is 5.04. The van der Waals surface area contributed by atoms with E-state index in [1.54, 1.807) is 0 Å². The summed E-state index contributed by atoms with van der Waals surface area (Å²) in [7, 11) is 0. The molecule has 0 saturated heterocycles. The van der Waals surface area contributed by atoms with E-state index in [9.17, 15) is 0 Å². The van der Waals surface area contributed by atoms with Crippen molar-refractivity contribution >= 4 is 11.3 Å². The van der Waals surface area contributed by atoms with E-state index in [1.165, 1.54) is 22.3 Å². The Morgan fingerprint density at radius 1 is 0.909 bits per heavy atom. The van der Waals surface area contributed by atoms with Crippen LogP contribution < -0.4 is 11.3 Å². The predicted molar refractivity (Wildman–Crippen MR) is 96.4 cm³/mol. The first-order valence-electron chi connectivity index (χ1n) is 7.85. The molecule has 3 N–H and O–H groups in total. The number of hydrogen-bond donors (Lipinski definition) is 2. The largest absolute Gasteiger partial charge is 0.324 e. The Bertz CT molecular complexity index is 654. The van der Waals surface area contributed by atoms with Crippen molar-refractivity contribution in [2.75, 3.05) is 5.43 Å². The Labute approximate surface area is 133 Å². The van der Waals surface area contributed by atoms with Gasteiger partial charge in [-0.05, 0) is 35.6 Å². The summed E-state index contributed by atoms with van der Waals surface area (Å²) in [6.45, 7) is 4.00. The van der Waals surface area contributed by atoms with E-state index >= 15 is 0 Å². The van der Waals surface area contributed by atoms with E-state index in [-0.39, 0.29) is 0 Å². The summed E-state index contributed by atoms with van der Waals surface area (Å²) in [6.07, 6.45) is 6.41. The van der Waals surface area contributed by atoms with E-state index in [0.717, 1.165) is 18.5 Å². The van der Waals surface area contributed by atoms with Crippen molar-refractivity contribution in [2.45, 2.75) is 26.7 Å². The fourth-order valence-electron chi connectivity index (χ4n) is 2.61. The molecular formula is C20H24N2. The molecule has 0 heterocycles. The minimum Gasteiger partial charge on any atom is -0.324 e. The molecule has 2 heteroatoms. The van der Waals surface area contributed by atoms with Gasteiger partial charge >= 0.3 is 0 Å². The van der Waals surface area contributed by atoms with Gasteiger partial charge in [-0.25, -0.2) is 0 Å². The first-order valence-corrected chi connectivity index (χ1v) is 7.85. The van der Waals surface area contributed by atoms with Gasteiger partial charge in [-0.1, -0.05) is 80.1 Å². The summed E-state index contributed by atoms with van der Waals surface area (Å²) < 4.78 is 0. The van der Waals surface area contributed by atoms with Crippen LogP contribution in [0.5, 0.6) is 0 Å². The van der Waals surface area contributed by atoms with Crippen molar-refractivity contribution in [2.24, 2.45) is 5.84 Å². The predicted octanol–water partition coefficient (Wildman–Crippen LogP) is 4.95. The molecule has 22 heavy (non-hydrogen) atoms. The van der Waals surface area contributed by atoms with Crippen LogP contribution in [0.1, 0.15) is 31.4 Å². The van der Waals surface area contributed by atoms with Crippen molar-refractivity contribution in [3.63, 3.8) is 0 Å². The zero-order valence-electron chi connectivity index (χ0n) is 13.3. The maximum Gasteiger partial charge on any atom is 0.0520 e. The molecule has 1 aliphatic rings. The highest BCUT2D eigenvalue weighted by Gasteiger charge is 2.11. The van der Waals surface area contributed by atoms with Crippen LogP contribution >= 0.6 is 0 Å². The van der Waals surface area contributed by atoms with Crippen molar-refractivity contribution < 1.29 is 0 Å². The Balaban J connectivity index is 0.000000847. The Morgan fingerprint density at radius 3 is 2.32 bits per heavy atom. The lowest BCUT2D eigenvalue weighted by Crippen LogP contribution is -2.09. The third-order valence-electron chi connectivity index (χ3n) is 3.67. The van der Waals surface area contributed by atoms with Gasteiger partial charge in [-0.15, -0.1) is 0 Å². The first kappa shape index (κ1) is 16.1. The lowest BCUT2D eigenvalue weighted by Gasteiger charge is -2.10. The fraction of sp³-hybridized carbons (Fsp3) is 0.200. The quantitative estimate of drug-likeness (QED) is 0.618. The van der Waals surface area contributed by atoms with Crippen LogP contribution in [0.15, 0.2) is 72.3 Å². The highest BCUT2D eigenvalue weighted by Crippen LogP contribution is 2.31. The normalized spacial score (nSPS) is 12.9. The molecule has 0 aromatic heterocycles. The molecule has 114 valence electrons. The molecule has 0 bridgehead atoms. The maximum absolute atomic E-state index is 5.56. The van der Waals surface area contributed by atoms with E-state index in [1.807, 2.05) is 26.0 Å². The Morgan fingerprint density at radius 2 is 1.59 bits per heavy atom. The van der Waals surface area contributed by atoms with Gasteiger partial charge in [0.1, 0.15) is 0 Å². The minimum absolute atomic E-state index is 0.938. The van der Waals surface area contributed by atoms with Gasteiger partial charge in [0, 0.05) is 0 Å². The van der Waals surface area contributed by atoms with Crippen molar-refractivity contribution in [3.05, 3.63) is 83.4 Å². The summed E-state index contributed by atoms with van der Waals surface area (Å²) in [4.78, 5) is 0. The van der Waals surface area contributed by atoms with Crippen LogP contribution in [-0.2, 0) is 6.42 Å². The number of nitrogens with two attached hydrogens (primary N) is 1. The number of nitrogens with one attached hydrogen (secondary N) is 1. The molecule has 1 aliphatic carbocycles. The molecule has 0 unspecified atom stereocenters. The lowest BCUT2D eigenvalue weighted by atomic mass is 9.98. The van der Waals surface area contributed by atoms with Crippen LogP contribution in [0.2, 0.25) is 0 Å². The highest BCUT2D eigenvalue weighted by molar-refractivity contribution is 5.72. The van der Waals surface area contributed by atoms with Crippen LogP contribution in [-0.4, -0.2) is 0 Å². The first-order chi connectivity index (χ1) is 10.9. The molecule has 3 rings (SSSR count). The third kappa shape index (κ3) is 3.86. The SMILES string of the molecule is CC.NNc1ccccc1CC1=CC=C(c2ccccc2)C1. The molecule has 2 aromatic rings. The van der Waals surface area contributed by atoms with Gasteiger partial charge in [0.15, 0.2) is 0 Å². The fourth-order valence-corrected chi connectivity index (χ4v) is 2.61. The number of rotatable bonds is 4. The van der Waals surface area contributed by atoms with E-state index in [2.05, 4.69) is 60.0 Å². The summed E-state index contributed by atoms with van der Waals surface area (Å²) in [6, 6.07) is 18.7. The molecule has 0 atom stereocenters. The van der Waals surface area contributed by atoms with Gasteiger partial charge in [-0.2, -0.15) is 0 Å². The number of allylic oxidation sites excluding steroid dienone is 4. The van der Waals surface area contributed by atoms with Crippen molar-refractivity contribution in [1.82, 2.24) is 0 Å². The molecule has 2 nitrogen and oxygen atoms in total. The minimum atomic E-state index is 0.938. The van der Waals surface area contributed by atoms with Crippen LogP contribution in [0, 0.1) is 0 Å². The number of hydrogen-bond acceptors (Lipinski definition) is 2. The van der Waals surface area contributed by atoms with Crippen LogP contribution in [0.25, 0.3) is 5.57 Å². The van der Waals surface area contributed by atoms with Crippen molar-refractivity contribution in [3.8, 4) is 0 Å². The molecule has 0 amide bonds. The molecule has 2 aromatic carbocycles. The highest BCUT2D eigenvalue weighted by atomic mass is 15.2. The Hall–Kier alpha value is -2.32. The van der Waals surface area contributed by atoms with Gasteiger partial charge < -0.3 is 5.43 Å². The van der Waals surface area contributed by atoms with Crippen LogP contribution in [0.3, 0.4) is 0 Å². The van der Waals surface area contributed by atoms with Gasteiger partial charge in [0.2, 0.25) is 0 Å². The summed E-state index contributed by atoms with van der Waals surface area (Å²) in [5, 5.41) is 0. The number of benzene rings is 2. The lowest BCUT2D eigenvalue weighted by molar-refractivity contribution is 1.09. The number of nitrogen functional groups attached to an aromatic ring is 1. The van der Waals surface area contributed by atoms with Crippen molar-refractivity contribution in [1.29, 1.82) is 0 Å². The van der Waals surface area contributed by atoms with E-state index in [4.69, 9.17) is 5.84 Å². The molecular weight excluding hydrogens is 268 g/mol. The van der Waals surface area contributed by atoms with Gasteiger partial charge in [-0.3, -0.25) is 5.84 Å². The second kappa shape index (κ2) is 8.20. The topological polar surface area (TPSA) is 38.0 Å². The number of hydrazine groups is 1. The molecule has 0 radical (unpaired) electrons. The molecule has 0 saturated carbocycles. The zero-order valence-corrected chi connectivity index (χ0v) is 13.3. The molecule has 0 fully saturated rings. The zero-order chi connectivity index (χ0) is 15.8. The van der Waals surface area contributed by atoms with Crippen LogP contribution in [0.4, 0.5) is 5.69 Å². The monoisotopic (exact) mass is 292 g/mol. The third-order valence-corrected chi connectivity index (χ3v) is 3.67. The van der Waals surface area contributed by atoms with E-state index < -0.39 is 0 Å². The average Bonchev–Trinajstić information content (AvgIpc) is 3.06. The van der Waals surface area contributed by atoms with Gasteiger partial charge in [0.05, 0.1) is 5.69 Å². The standard InChI is InChI=1S/C18H18N2.C2H6/c19-20-18-9-5-4-8-17(18)13-14-10-11-16(12-14)15-6-2-1-3-7-15;1-2/h1-11,20H,12-13,19H2;1-2H3. The smallest absolute Gasteiger partial charge is 0.0520 e. The van der Waals surface area contributed by atoms with E-state index in [0.29, 0.717) is 0 Å². The molecule has 0 spiro atoms. The summed E-state index contributed by atoms with van der Waals surface area (Å²) in [5.41, 5.74) is 9.13. The maximum atomic E-state index is 5.56.